The Morgan fingerprint density at radius 1 is 0.491 bits per heavy atom. The van der Waals surface area contributed by atoms with Gasteiger partial charge in [0.15, 0.2) is 6.10 Å². The van der Waals surface area contributed by atoms with E-state index in [1.807, 2.05) is 0 Å². The fraction of sp³-hybridized carbons (Fsp3) is 0.833. The van der Waals surface area contributed by atoms with E-state index in [4.69, 9.17) is 33.2 Å². The van der Waals surface area contributed by atoms with Gasteiger partial charge >= 0.3 is 36.2 Å². The lowest BCUT2D eigenvalue weighted by Crippen LogP contribution is -2.49. The van der Waals surface area contributed by atoms with Crippen molar-refractivity contribution >= 4 is 36.2 Å². The number of hydrogen-bond donors (Lipinski definition) is 4. The average molecular weight is 764 g/mol. The van der Waals surface area contributed by atoms with E-state index in [9.17, 15) is 33.9 Å². The van der Waals surface area contributed by atoms with Crippen LogP contribution in [0.5, 0.6) is 0 Å². The number of hydrogen-bond acceptors (Lipinski definition) is 14. The molecule has 0 fully saturated rings. The number of aliphatic hydroxyl groups is 1. The minimum Gasteiger partial charge on any atom is -0.461 e. The van der Waals surface area contributed by atoms with Gasteiger partial charge in [0.2, 0.25) is 0 Å². The highest BCUT2D eigenvalue weighted by Crippen LogP contribution is 2.14. The van der Waals surface area contributed by atoms with Crippen LogP contribution in [-0.2, 0) is 47.5 Å². The Bertz CT molecular complexity index is 1200. The van der Waals surface area contributed by atoms with E-state index in [-0.39, 0.29) is 5.92 Å². The summed E-state index contributed by atoms with van der Waals surface area (Å²) in [4.78, 5) is 76.2. The zero-order valence-electron chi connectivity index (χ0n) is 34.2. The fourth-order valence-electron chi connectivity index (χ4n) is 4.07. The molecule has 0 aromatic heterocycles. The van der Waals surface area contributed by atoms with E-state index in [2.05, 4.69) is 16.0 Å². The van der Waals surface area contributed by atoms with Gasteiger partial charge < -0.3 is 54.2 Å². The van der Waals surface area contributed by atoms with E-state index < -0.39 is 122 Å². The molecule has 0 bridgehead atoms. The molecule has 0 aliphatic rings. The van der Waals surface area contributed by atoms with Crippen molar-refractivity contribution in [3.8, 4) is 0 Å². The second-order valence-electron chi connectivity index (χ2n) is 16.6. The molecule has 0 aliphatic carbocycles. The molecule has 0 spiro atoms. The first-order valence-electron chi connectivity index (χ1n) is 17.8. The first kappa shape index (κ1) is 49.1. The van der Waals surface area contributed by atoms with Crippen molar-refractivity contribution in [2.45, 2.75) is 151 Å². The number of amides is 3. The van der Waals surface area contributed by atoms with Gasteiger partial charge in [-0.1, -0.05) is 41.5 Å². The number of aliphatic hydroxyl groups excluding tert-OH is 1. The summed E-state index contributed by atoms with van der Waals surface area (Å²) in [6, 6.07) is -3.33. The van der Waals surface area contributed by atoms with Gasteiger partial charge in [-0.3, -0.25) is 0 Å². The van der Waals surface area contributed by atoms with Crippen molar-refractivity contribution in [1.29, 1.82) is 0 Å². The lowest BCUT2D eigenvalue weighted by Gasteiger charge is -2.27. The predicted octanol–water partition coefficient (Wildman–Crippen LogP) is 4.01. The van der Waals surface area contributed by atoms with Gasteiger partial charge in [-0.25, -0.2) is 28.8 Å². The smallest absolute Gasteiger partial charge is 0.408 e. The summed E-state index contributed by atoms with van der Waals surface area (Å²) >= 11 is 0. The number of esters is 3. The standard InChI is InChI=1S/C36H65N3O14/c1-20(2)25(37-31(44)51-34(7,8)9)28(41)48-17-23(40)16-47-18-24(50-30(43)27(22(5)6)39-33(46)53-36(13,14)15)19-49-29(42)26(21(3)4)38-32(45)52-35(10,11)12/h20-27,40H,16-19H2,1-15H3,(H,37,44)(H,38,45)(H,39,46)/t23?,24?,25-,26-,27-/m0/s1. The zero-order chi connectivity index (χ0) is 41.5. The molecular formula is C36H65N3O14. The van der Waals surface area contributed by atoms with Crippen LogP contribution in [0.3, 0.4) is 0 Å². The van der Waals surface area contributed by atoms with Gasteiger partial charge in [-0.15, -0.1) is 0 Å². The molecule has 53 heavy (non-hydrogen) atoms. The average Bonchev–Trinajstić information content (AvgIpc) is 2.95. The maximum atomic E-state index is 13.3. The van der Waals surface area contributed by atoms with E-state index in [0.717, 1.165) is 0 Å². The summed E-state index contributed by atoms with van der Waals surface area (Å²) in [5.41, 5.74) is -2.44. The van der Waals surface area contributed by atoms with E-state index in [0.29, 0.717) is 0 Å². The highest BCUT2D eigenvalue weighted by molar-refractivity contribution is 5.83. The van der Waals surface area contributed by atoms with Crippen molar-refractivity contribution in [1.82, 2.24) is 16.0 Å². The molecule has 17 nitrogen and oxygen atoms in total. The molecule has 0 rings (SSSR count). The Labute approximate surface area is 314 Å². The molecule has 0 saturated carbocycles. The Hall–Kier alpha value is -3.86. The first-order chi connectivity index (χ1) is 24.0. The maximum absolute atomic E-state index is 13.3. The van der Waals surface area contributed by atoms with Crippen LogP contribution in [0.4, 0.5) is 14.4 Å². The lowest BCUT2D eigenvalue weighted by atomic mass is 10.0. The van der Waals surface area contributed by atoms with Crippen molar-refractivity contribution in [3.05, 3.63) is 0 Å². The van der Waals surface area contributed by atoms with Gasteiger partial charge in [0, 0.05) is 0 Å². The van der Waals surface area contributed by atoms with Crippen LogP contribution in [0.25, 0.3) is 0 Å². The Morgan fingerprint density at radius 2 is 0.811 bits per heavy atom. The molecule has 5 atom stereocenters. The number of rotatable bonds is 18. The monoisotopic (exact) mass is 763 g/mol. The Morgan fingerprint density at radius 3 is 1.13 bits per heavy atom. The largest absolute Gasteiger partial charge is 0.461 e. The number of ether oxygens (including phenoxy) is 7. The summed E-state index contributed by atoms with van der Waals surface area (Å²) in [6.07, 6.45) is -5.07. The van der Waals surface area contributed by atoms with Crippen LogP contribution in [0.2, 0.25) is 0 Å². The van der Waals surface area contributed by atoms with Crippen LogP contribution >= 0.6 is 0 Å². The molecule has 4 N–H and O–H groups in total. The summed E-state index contributed by atoms with van der Waals surface area (Å²) in [6.45, 7) is 23.3. The van der Waals surface area contributed by atoms with E-state index >= 15 is 0 Å². The van der Waals surface area contributed by atoms with Crippen LogP contribution in [0.1, 0.15) is 104 Å². The van der Waals surface area contributed by atoms with Crippen LogP contribution in [-0.4, -0.2) is 115 Å². The second-order valence-corrected chi connectivity index (χ2v) is 16.6. The second kappa shape index (κ2) is 21.7. The van der Waals surface area contributed by atoms with Gasteiger partial charge in [0.05, 0.1) is 13.2 Å². The molecule has 0 saturated heterocycles. The van der Waals surface area contributed by atoms with Gasteiger partial charge in [0.1, 0.15) is 54.2 Å². The summed E-state index contributed by atoms with van der Waals surface area (Å²) in [5.74, 6) is -3.75. The van der Waals surface area contributed by atoms with Crippen LogP contribution < -0.4 is 16.0 Å². The van der Waals surface area contributed by atoms with Crippen molar-refractivity contribution < 1.29 is 67.0 Å². The molecule has 0 radical (unpaired) electrons. The first-order valence-corrected chi connectivity index (χ1v) is 17.8. The molecule has 0 aliphatic heterocycles. The van der Waals surface area contributed by atoms with Crippen LogP contribution in [0, 0.1) is 17.8 Å². The SMILES string of the molecule is CC(C)[C@H](NC(=O)OC(C)(C)C)C(=O)OCC(O)COCC(COC(=O)[C@@H](NC(=O)OC(C)(C)C)C(C)C)OC(=O)[C@@H](NC(=O)OC(C)(C)C)C(C)C. The molecule has 2 unspecified atom stereocenters. The minimum atomic E-state index is -1.34. The molecule has 17 heteroatoms. The summed E-state index contributed by atoms with van der Waals surface area (Å²) < 4.78 is 37.6. The third kappa shape index (κ3) is 22.7. The minimum absolute atomic E-state index is 0.365. The van der Waals surface area contributed by atoms with Crippen molar-refractivity contribution in [2.24, 2.45) is 17.8 Å². The van der Waals surface area contributed by atoms with Gasteiger partial charge in [-0.2, -0.15) is 0 Å². The highest BCUT2D eigenvalue weighted by atomic mass is 16.6. The Balaban J connectivity index is 5.73. The predicted molar refractivity (Wildman–Crippen MR) is 193 cm³/mol. The molecule has 0 heterocycles. The number of carbonyl (C=O) groups is 6. The fourth-order valence-corrected chi connectivity index (χ4v) is 4.07. The van der Waals surface area contributed by atoms with Crippen LogP contribution in [0.15, 0.2) is 0 Å². The summed E-state index contributed by atoms with van der Waals surface area (Å²) in [7, 11) is 0. The molecule has 0 aromatic rings. The molecule has 308 valence electrons. The number of carbonyl (C=O) groups excluding carboxylic acids is 6. The third-order valence-electron chi connectivity index (χ3n) is 6.50. The zero-order valence-corrected chi connectivity index (χ0v) is 34.2. The number of nitrogens with one attached hydrogen (secondary N) is 3. The third-order valence-corrected chi connectivity index (χ3v) is 6.50. The van der Waals surface area contributed by atoms with Crippen molar-refractivity contribution in [3.63, 3.8) is 0 Å². The molecule has 3 amide bonds. The van der Waals surface area contributed by atoms with Crippen molar-refractivity contribution in [2.75, 3.05) is 26.4 Å². The maximum Gasteiger partial charge on any atom is 0.408 e. The van der Waals surface area contributed by atoms with Gasteiger partial charge in [0.25, 0.3) is 0 Å². The van der Waals surface area contributed by atoms with Gasteiger partial charge in [-0.05, 0) is 80.1 Å². The number of alkyl carbamates (subject to hydrolysis) is 3. The normalized spacial score (nSPS) is 15.0. The summed E-state index contributed by atoms with van der Waals surface area (Å²) in [5, 5.41) is 17.9. The lowest BCUT2D eigenvalue weighted by molar-refractivity contribution is -0.167. The van der Waals surface area contributed by atoms with E-state index in [1.165, 1.54) is 0 Å². The highest BCUT2D eigenvalue weighted by Gasteiger charge is 2.33. The molecule has 0 aromatic carbocycles. The topological polar surface area (TPSA) is 223 Å². The Kier molecular flexibility index (Phi) is 20.2. The quantitative estimate of drug-likeness (QED) is 0.114. The van der Waals surface area contributed by atoms with E-state index in [1.54, 1.807) is 104 Å². The molecular weight excluding hydrogens is 698 g/mol.